The molecule has 0 aliphatic rings. The van der Waals surface area contributed by atoms with Crippen molar-refractivity contribution >= 4 is 22.3 Å². The number of aryl methyl sites for hydroxylation is 1. The number of hydrogen-bond acceptors (Lipinski definition) is 5. The first-order chi connectivity index (χ1) is 13.1. The molecule has 0 bridgehead atoms. The molecule has 0 radical (unpaired) electrons. The van der Waals surface area contributed by atoms with Gasteiger partial charge >= 0.3 is 0 Å². The number of fused-ring (bicyclic) bond motifs is 1. The number of anilines is 2. The predicted octanol–water partition coefficient (Wildman–Crippen LogP) is 5.10. The third-order valence-corrected chi connectivity index (χ3v) is 4.10. The minimum Gasteiger partial charge on any atom is -0.490 e. The van der Waals surface area contributed by atoms with Gasteiger partial charge in [-0.15, -0.1) is 0 Å². The summed E-state index contributed by atoms with van der Waals surface area (Å²) in [6, 6.07) is 10.2. The molecule has 0 amide bonds. The van der Waals surface area contributed by atoms with E-state index >= 15 is 0 Å². The second-order valence-corrected chi connectivity index (χ2v) is 5.93. The van der Waals surface area contributed by atoms with E-state index in [4.69, 9.17) is 9.47 Å². The SMILES string of the molecule is CCOc1cc2ncc(C#N)c(Nc3ccc(F)cc3C)c2cc1OCC. The third-order valence-electron chi connectivity index (χ3n) is 4.10. The maximum absolute atomic E-state index is 13.4. The van der Waals surface area contributed by atoms with Crippen LogP contribution in [0.5, 0.6) is 11.5 Å². The number of nitrogens with zero attached hydrogens (tertiary/aromatic N) is 2. The zero-order valence-electron chi connectivity index (χ0n) is 15.5. The molecule has 0 atom stereocenters. The first-order valence-electron chi connectivity index (χ1n) is 8.73. The van der Waals surface area contributed by atoms with Crippen molar-refractivity contribution in [2.45, 2.75) is 20.8 Å². The van der Waals surface area contributed by atoms with E-state index in [0.29, 0.717) is 47.2 Å². The molecule has 138 valence electrons. The van der Waals surface area contributed by atoms with Crippen molar-refractivity contribution in [1.82, 2.24) is 4.98 Å². The summed E-state index contributed by atoms with van der Waals surface area (Å²) in [5.74, 6) is 0.883. The van der Waals surface area contributed by atoms with Crippen molar-refractivity contribution in [3.63, 3.8) is 0 Å². The Morgan fingerprint density at radius 2 is 1.81 bits per heavy atom. The summed E-state index contributed by atoms with van der Waals surface area (Å²) >= 11 is 0. The van der Waals surface area contributed by atoms with E-state index in [-0.39, 0.29) is 5.82 Å². The molecule has 0 aliphatic carbocycles. The van der Waals surface area contributed by atoms with E-state index in [9.17, 15) is 9.65 Å². The van der Waals surface area contributed by atoms with Crippen LogP contribution < -0.4 is 14.8 Å². The number of nitrogens with one attached hydrogen (secondary N) is 1. The van der Waals surface area contributed by atoms with Crippen LogP contribution in [0.15, 0.2) is 36.5 Å². The molecular weight excluding hydrogens is 345 g/mol. The molecule has 27 heavy (non-hydrogen) atoms. The Labute approximate surface area is 157 Å². The summed E-state index contributed by atoms with van der Waals surface area (Å²) in [6.45, 7) is 6.58. The largest absolute Gasteiger partial charge is 0.490 e. The lowest BCUT2D eigenvalue weighted by Crippen LogP contribution is -2.02. The lowest BCUT2D eigenvalue weighted by molar-refractivity contribution is 0.288. The van der Waals surface area contributed by atoms with Gasteiger partial charge in [-0.25, -0.2) is 4.39 Å². The molecule has 1 N–H and O–H groups in total. The highest BCUT2D eigenvalue weighted by Gasteiger charge is 2.15. The quantitative estimate of drug-likeness (QED) is 0.659. The second kappa shape index (κ2) is 7.92. The molecular formula is C21H20FN3O2. The van der Waals surface area contributed by atoms with Crippen LogP contribution in [0.2, 0.25) is 0 Å². The molecule has 0 fully saturated rings. The molecule has 0 spiro atoms. The minimum atomic E-state index is -0.307. The summed E-state index contributed by atoms with van der Waals surface area (Å²) in [5.41, 5.74) is 3.11. The monoisotopic (exact) mass is 365 g/mol. The highest BCUT2D eigenvalue weighted by molar-refractivity contribution is 5.97. The molecule has 5 nitrogen and oxygen atoms in total. The topological polar surface area (TPSA) is 67.2 Å². The van der Waals surface area contributed by atoms with Gasteiger partial charge in [0.15, 0.2) is 11.5 Å². The third kappa shape index (κ3) is 3.77. The van der Waals surface area contributed by atoms with Crippen LogP contribution in [0, 0.1) is 24.1 Å². The minimum absolute atomic E-state index is 0.307. The van der Waals surface area contributed by atoms with Crippen LogP contribution in [-0.4, -0.2) is 18.2 Å². The van der Waals surface area contributed by atoms with Gasteiger partial charge in [0.05, 0.1) is 30.0 Å². The van der Waals surface area contributed by atoms with Crippen molar-refractivity contribution in [3.8, 4) is 17.6 Å². The lowest BCUT2D eigenvalue weighted by atomic mass is 10.1. The lowest BCUT2D eigenvalue weighted by Gasteiger charge is -2.16. The number of aromatic nitrogens is 1. The summed E-state index contributed by atoms with van der Waals surface area (Å²) < 4.78 is 24.8. The fourth-order valence-electron chi connectivity index (χ4n) is 2.86. The molecule has 0 saturated carbocycles. The number of rotatable bonds is 6. The first kappa shape index (κ1) is 18.5. The van der Waals surface area contributed by atoms with Crippen molar-refractivity contribution in [2.24, 2.45) is 0 Å². The Kier molecular flexibility index (Phi) is 5.41. The standard InChI is InChI=1S/C21H20FN3O2/c1-4-26-19-9-16-18(10-20(19)27-5-2)24-12-14(11-23)21(16)25-17-7-6-15(22)8-13(17)3/h6-10,12H,4-5H2,1-3H3,(H,24,25). The van der Waals surface area contributed by atoms with Gasteiger partial charge in [0.1, 0.15) is 11.9 Å². The zero-order chi connectivity index (χ0) is 19.4. The molecule has 1 heterocycles. The molecule has 6 heteroatoms. The molecule has 0 saturated heterocycles. The fourth-order valence-corrected chi connectivity index (χ4v) is 2.86. The van der Waals surface area contributed by atoms with Gasteiger partial charge in [-0.2, -0.15) is 5.26 Å². The number of pyridine rings is 1. The Balaban J connectivity index is 2.19. The number of benzene rings is 2. The number of hydrogen-bond donors (Lipinski definition) is 1. The molecule has 3 rings (SSSR count). The summed E-state index contributed by atoms with van der Waals surface area (Å²) in [6.07, 6.45) is 1.51. The van der Waals surface area contributed by atoms with Crippen LogP contribution >= 0.6 is 0 Å². The van der Waals surface area contributed by atoms with Gasteiger partial charge in [-0.3, -0.25) is 4.98 Å². The normalized spacial score (nSPS) is 10.5. The van der Waals surface area contributed by atoms with Crippen LogP contribution in [0.4, 0.5) is 15.8 Å². The smallest absolute Gasteiger partial charge is 0.163 e. The maximum atomic E-state index is 13.4. The average molecular weight is 365 g/mol. The number of nitriles is 1. The van der Waals surface area contributed by atoms with Crippen molar-refractivity contribution in [1.29, 1.82) is 5.26 Å². The van der Waals surface area contributed by atoms with E-state index in [0.717, 1.165) is 10.9 Å². The van der Waals surface area contributed by atoms with E-state index in [1.807, 2.05) is 19.9 Å². The summed E-state index contributed by atoms with van der Waals surface area (Å²) in [7, 11) is 0. The average Bonchev–Trinajstić information content (AvgIpc) is 2.65. The Morgan fingerprint density at radius 1 is 1.11 bits per heavy atom. The van der Waals surface area contributed by atoms with E-state index in [2.05, 4.69) is 16.4 Å². The van der Waals surface area contributed by atoms with Gasteiger partial charge in [0.25, 0.3) is 0 Å². The predicted molar refractivity (Wildman–Crippen MR) is 103 cm³/mol. The molecule has 1 aromatic heterocycles. The van der Waals surface area contributed by atoms with Gasteiger partial charge in [-0.1, -0.05) is 0 Å². The molecule has 0 unspecified atom stereocenters. The number of halogens is 1. The molecule has 0 aliphatic heterocycles. The first-order valence-corrected chi connectivity index (χ1v) is 8.73. The summed E-state index contributed by atoms with van der Waals surface area (Å²) in [5, 5.41) is 13.5. The van der Waals surface area contributed by atoms with Gasteiger partial charge in [0.2, 0.25) is 0 Å². The van der Waals surface area contributed by atoms with Crippen molar-refractivity contribution in [2.75, 3.05) is 18.5 Å². The Morgan fingerprint density at radius 3 is 2.44 bits per heavy atom. The molecule has 3 aromatic rings. The summed E-state index contributed by atoms with van der Waals surface area (Å²) in [4.78, 5) is 4.38. The highest BCUT2D eigenvalue weighted by Crippen LogP contribution is 2.37. The van der Waals surface area contributed by atoms with Gasteiger partial charge in [-0.05, 0) is 50.6 Å². The Hall–Kier alpha value is -3.33. The van der Waals surface area contributed by atoms with E-state index in [1.165, 1.54) is 18.3 Å². The van der Waals surface area contributed by atoms with E-state index < -0.39 is 0 Å². The number of ether oxygens (including phenoxy) is 2. The Bertz CT molecular complexity index is 1030. The fraction of sp³-hybridized carbons (Fsp3) is 0.238. The van der Waals surface area contributed by atoms with Crippen molar-refractivity contribution < 1.29 is 13.9 Å². The van der Waals surface area contributed by atoms with Crippen LogP contribution in [0.1, 0.15) is 25.0 Å². The van der Waals surface area contributed by atoms with Gasteiger partial charge < -0.3 is 14.8 Å². The van der Waals surface area contributed by atoms with Crippen molar-refractivity contribution in [3.05, 3.63) is 53.5 Å². The van der Waals surface area contributed by atoms with Crippen LogP contribution in [-0.2, 0) is 0 Å². The maximum Gasteiger partial charge on any atom is 0.163 e. The van der Waals surface area contributed by atoms with Crippen LogP contribution in [0.3, 0.4) is 0 Å². The zero-order valence-corrected chi connectivity index (χ0v) is 15.5. The van der Waals surface area contributed by atoms with Crippen LogP contribution in [0.25, 0.3) is 10.9 Å². The second-order valence-electron chi connectivity index (χ2n) is 5.93. The molecule has 2 aromatic carbocycles. The van der Waals surface area contributed by atoms with Gasteiger partial charge in [0, 0.05) is 23.3 Å². The highest BCUT2D eigenvalue weighted by atomic mass is 19.1. The van der Waals surface area contributed by atoms with E-state index in [1.54, 1.807) is 19.1 Å².